The van der Waals surface area contributed by atoms with E-state index < -0.39 is 17.9 Å². The fourth-order valence-electron chi connectivity index (χ4n) is 1.66. The summed E-state index contributed by atoms with van der Waals surface area (Å²) in [6, 6.07) is -0.652. The maximum Gasteiger partial charge on any atom is 0.258 e. The predicted octanol–water partition coefficient (Wildman–Crippen LogP) is -1.09. The number of hydrogen-bond donors (Lipinski definition) is 1. The lowest BCUT2D eigenvalue weighted by molar-refractivity contribution is -0.138. The normalized spacial score (nSPS) is 20.4. The van der Waals surface area contributed by atoms with Crippen molar-refractivity contribution in [3.05, 3.63) is 18.0 Å². The Labute approximate surface area is 97.4 Å². The summed E-state index contributed by atoms with van der Waals surface area (Å²) < 4.78 is 1.49. The molecule has 0 spiro atoms. The van der Waals surface area contributed by atoms with E-state index in [1.807, 2.05) is 0 Å². The summed E-state index contributed by atoms with van der Waals surface area (Å²) >= 11 is 0. The van der Waals surface area contributed by atoms with Gasteiger partial charge in [-0.15, -0.1) is 0 Å². The van der Waals surface area contributed by atoms with Crippen LogP contribution in [0, 0.1) is 0 Å². The lowest BCUT2D eigenvalue weighted by Crippen LogP contribution is -2.58. The average Bonchev–Trinajstić information content (AvgIpc) is 2.69. The molecular weight excluding hydrogens is 224 g/mol. The Morgan fingerprint density at radius 2 is 2.24 bits per heavy atom. The molecule has 90 valence electrons. The van der Waals surface area contributed by atoms with Crippen molar-refractivity contribution in [3.63, 3.8) is 0 Å². The molecule has 0 aromatic carbocycles. The van der Waals surface area contributed by atoms with Crippen molar-refractivity contribution < 1.29 is 14.4 Å². The number of aryl methyl sites for hydroxylation is 1. The van der Waals surface area contributed by atoms with Gasteiger partial charge in [0, 0.05) is 13.2 Å². The maximum absolute atomic E-state index is 12.1. The molecule has 0 radical (unpaired) electrons. The minimum Gasteiger partial charge on any atom is -0.317 e. The number of aromatic nitrogens is 2. The van der Waals surface area contributed by atoms with Crippen LogP contribution in [0.15, 0.2) is 12.4 Å². The summed E-state index contributed by atoms with van der Waals surface area (Å²) in [5.74, 6) is -1.29. The third-order valence-electron chi connectivity index (χ3n) is 2.64. The highest BCUT2D eigenvalue weighted by atomic mass is 16.2. The van der Waals surface area contributed by atoms with Gasteiger partial charge in [0.05, 0.1) is 11.8 Å². The van der Waals surface area contributed by atoms with E-state index in [0.29, 0.717) is 5.56 Å². The topological polar surface area (TPSA) is 84.3 Å². The largest absolute Gasteiger partial charge is 0.317 e. The van der Waals surface area contributed by atoms with Crippen LogP contribution in [0.4, 0.5) is 0 Å². The lowest BCUT2D eigenvalue weighted by Gasteiger charge is -2.31. The van der Waals surface area contributed by atoms with E-state index in [0.717, 1.165) is 0 Å². The molecular formula is C10H12N4O3. The third-order valence-corrected chi connectivity index (χ3v) is 2.64. The van der Waals surface area contributed by atoms with Gasteiger partial charge in [0.2, 0.25) is 11.8 Å². The molecule has 7 nitrogen and oxygen atoms in total. The van der Waals surface area contributed by atoms with Gasteiger partial charge >= 0.3 is 0 Å². The van der Waals surface area contributed by atoms with Gasteiger partial charge in [-0.25, -0.2) is 0 Å². The van der Waals surface area contributed by atoms with Crippen molar-refractivity contribution in [2.45, 2.75) is 13.0 Å². The molecule has 1 atom stereocenters. The van der Waals surface area contributed by atoms with E-state index >= 15 is 0 Å². The molecule has 2 heterocycles. The first kappa shape index (κ1) is 11.3. The molecule has 1 aromatic rings. The zero-order valence-electron chi connectivity index (χ0n) is 9.51. The standard InChI is InChI=1S/C10H12N4O3/c1-6-9(16)12-8(15)5-14(6)10(17)7-3-11-13(2)4-7/h3-4,6H,5H2,1-2H3,(H,12,15,16). The molecule has 1 saturated heterocycles. The number of rotatable bonds is 1. The number of nitrogens with one attached hydrogen (secondary N) is 1. The molecule has 0 aliphatic carbocycles. The van der Waals surface area contributed by atoms with E-state index in [2.05, 4.69) is 10.4 Å². The summed E-state index contributed by atoms with van der Waals surface area (Å²) in [6.45, 7) is 1.47. The van der Waals surface area contributed by atoms with E-state index in [9.17, 15) is 14.4 Å². The number of carbonyl (C=O) groups excluding carboxylic acids is 3. The molecule has 1 aliphatic heterocycles. The molecule has 7 heteroatoms. The number of hydrogen-bond acceptors (Lipinski definition) is 4. The third kappa shape index (κ3) is 2.03. The van der Waals surface area contributed by atoms with Crippen LogP contribution in [0.5, 0.6) is 0 Å². The second-order valence-corrected chi connectivity index (χ2v) is 3.92. The first-order valence-electron chi connectivity index (χ1n) is 5.12. The van der Waals surface area contributed by atoms with Gasteiger partial charge < -0.3 is 4.90 Å². The first-order chi connectivity index (χ1) is 7.99. The highest BCUT2D eigenvalue weighted by Gasteiger charge is 2.34. The Kier molecular flexibility index (Phi) is 2.66. The fourth-order valence-corrected chi connectivity index (χ4v) is 1.66. The van der Waals surface area contributed by atoms with Crippen LogP contribution >= 0.6 is 0 Å². The monoisotopic (exact) mass is 236 g/mol. The number of amides is 3. The van der Waals surface area contributed by atoms with Crippen molar-refractivity contribution in [1.82, 2.24) is 20.0 Å². The van der Waals surface area contributed by atoms with Crippen LogP contribution in [0.2, 0.25) is 0 Å². The van der Waals surface area contributed by atoms with Crippen molar-refractivity contribution in [1.29, 1.82) is 0 Å². The number of nitrogens with zero attached hydrogens (tertiary/aromatic N) is 3. The quantitative estimate of drug-likeness (QED) is 0.628. The van der Waals surface area contributed by atoms with Gasteiger partial charge in [0.1, 0.15) is 12.6 Å². The molecule has 1 aliphatic rings. The average molecular weight is 236 g/mol. The fraction of sp³-hybridized carbons (Fsp3) is 0.400. The van der Waals surface area contributed by atoms with Crippen LogP contribution in [0.1, 0.15) is 17.3 Å². The van der Waals surface area contributed by atoms with E-state index in [1.165, 1.54) is 15.8 Å². The van der Waals surface area contributed by atoms with E-state index in [1.54, 1.807) is 20.2 Å². The second kappa shape index (κ2) is 4.00. The van der Waals surface area contributed by atoms with E-state index in [-0.39, 0.29) is 12.5 Å². The molecule has 1 aromatic heterocycles. The molecule has 17 heavy (non-hydrogen) atoms. The van der Waals surface area contributed by atoms with Crippen molar-refractivity contribution >= 4 is 17.7 Å². The van der Waals surface area contributed by atoms with Crippen LogP contribution in [-0.2, 0) is 16.6 Å². The minimum absolute atomic E-state index is 0.110. The van der Waals surface area contributed by atoms with Gasteiger partial charge in [-0.3, -0.25) is 24.4 Å². The molecule has 1 unspecified atom stereocenters. The number of piperazine rings is 1. The minimum atomic E-state index is -0.652. The summed E-state index contributed by atoms with van der Waals surface area (Å²) in [6.07, 6.45) is 2.96. The summed E-state index contributed by atoms with van der Waals surface area (Å²) in [7, 11) is 1.69. The smallest absolute Gasteiger partial charge is 0.258 e. The van der Waals surface area contributed by atoms with Crippen molar-refractivity contribution in [2.24, 2.45) is 7.05 Å². The molecule has 3 amide bonds. The van der Waals surface area contributed by atoms with Crippen molar-refractivity contribution in [2.75, 3.05) is 6.54 Å². The molecule has 2 rings (SSSR count). The number of carbonyl (C=O) groups is 3. The van der Waals surface area contributed by atoms with Crippen LogP contribution in [-0.4, -0.2) is 45.0 Å². The van der Waals surface area contributed by atoms with Gasteiger partial charge in [0.15, 0.2) is 0 Å². The SMILES string of the molecule is CC1C(=O)NC(=O)CN1C(=O)c1cnn(C)c1. The maximum atomic E-state index is 12.1. The molecule has 1 N–H and O–H groups in total. The number of imide groups is 1. The Morgan fingerprint density at radius 1 is 1.53 bits per heavy atom. The van der Waals surface area contributed by atoms with Gasteiger partial charge in [-0.2, -0.15) is 5.10 Å². The Bertz CT molecular complexity index is 493. The molecule has 1 fully saturated rings. The molecule has 0 saturated carbocycles. The zero-order valence-corrected chi connectivity index (χ0v) is 9.51. The zero-order chi connectivity index (χ0) is 12.6. The van der Waals surface area contributed by atoms with Crippen LogP contribution < -0.4 is 5.32 Å². The lowest BCUT2D eigenvalue weighted by atomic mass is 10.1. The van der Waals surface area contributed by atoms with Crippen LogP contribution in [0.25, 0.3) is 0 Å². The van der Waals surface area contributed by atoms with Gasteiger partial charge in [-0.05, 0) is 6.92 Å². The molecule has 0 bridgehead atoms. The van der Waals surface area contributed by atoms with Crippen molar-refractivity contribution in [3.8, 4) is 0 Å². The summed E-state index contributed by atoms with van der Waals surface area (Å²) in [5, 5.41) is 6.06. The van der Waals surface area contributed by atoms with Gasteiger partial charge in [-0.1, -0.05) is 0 Å². The van der Waals surface area contributed by atoms with Gasteiger partial charge in [0.25, 0.3) is 5.91 Å². The Hall–Kier alpha value is -2.18. The second-order valence-electron chi connectivity index (χ2n) is 3.92. The Morgan fingerprint density at radius 3 is 2.82 bits per heavy atom. The van der Waals surface area contributed by atoms with E-state index in [4.69, 9.17) is 0 Å². The summed E-state index contributed by atoms with van der Waals surface area (Å²) in [5.41, 5.74) is 0.363. The predicted molar refractivity (Wildman–Crippen MR) is 56.9 cm³/mol. The summed E-state index contributed by atoms with van der Waals surface area (Å²) in [4.78, 5) is 35.9. The van der Waals surface area contributed by atoms with Crippen LogP contribution in [0.3, 0.4) is 0 Å². The Balaban J connectivity index is 2.24. The first-order valence-corrected chi connectivity index (χ1v) is 5.12. The highest BCUT2D eigenvalue weighted by molar-refractivity contribution is 6.06. The highest BCUT2D eigenvalue weighted by Crippen LogP contribution is 2.10.